The van der Waals surface area contributed by atoms with Gasteiger partial charge in [0.25, 0.3) is 0 Å². The molecule has 2 unspecified atom stereocenters. The number of sulfonamides is 1. The first-order valence-corrected chi connectivity index (χ1v) is 8.49. The summed E-state index contributed by atoms with van der Waals surface area (Å²) in [5, 5.41) is 3.52. The van der Waals surface area contributed by atoms with E-state index >= 15 is 0 Å². The van der Waals surface area contributed by atoms with E-state index in [-0.39, 0.29) is 28.4 Å². The lowest BCUT2D eigenvalue weighted by Gasteiger charge is -2.23. The maximum absolute atomic E-state index is 13.4. The molecule has 8 heteroatoms. The molecule has 0 saturated carbocycles. The van der Waals surface area contributed by atoms with Gasteiger partial charge in [0.15, 0.2) is 0 Å². The molecule has 0 amide bonds. The summed E-state index contributed by atoms with van der Waals surface area (Å²) in [4.78, 5) is -0.0692. The Morgan fingerprint density at radius 2 is 1.90 bits per heavy atom. The highest BCUT2D eigenvalue weighted by Gasteiger charge is 2.35. The van der Waals surface area contributed by atoms with Gasteiger partial charge in [-0.05, 0) is 37.5 Å². The smallest absolute Gasteiger partial charge is 0.243 e. The van der Waals surface area contributed by atoms with E-state index in [1.54, 1.807) is 0 Å². The molecule has 0 radical (unpaired) electrons. The van der Waals surface area contributed by atoms with Crippen LogP contribution in [0.1, 0.15) is 19.3 Å². The number of nitrogens with zero attached hydrogens (tertiary/aromatic N) is 1. The Morgan fingerprint density at radius 3 is 2.62 bits per heavy atom. The zero-order valence-electron chi connectivity index (χ0n) is 11.3. The van der Waals surface area contributed by atoms with Crippen molar-refractivity contribution in [1.82, 2.24) is 9.62 Å². The van der Waals surface area contributed by atoms with Crippen LogP contribution in [0.2, 0.25) is 5.02 Å². The summed E-state index contributed by atoms with van der Waals surface area (Å²) < 4.78 is 40.0. The number of nitrogens with one attached hydrogen (secondary N) is 1. The van der Waals surface area contributed by atoms with Crippen LogP contribution in [0.4, 0.5) is 4.39 Å². The van der Waals surface area contributed by atoms with E-state index in [1.165, 1.54) is 10.4 Å². The van der Waals surface area contributed by atoms with Crippen LogP contribution < -0.4 is 5.32 Å². The first kappa shape index (κ1) is 17.0. The molecular formula is C13H17Cl2FN2O2S. The van der Waals surface area contributed by atoms with Crippen LogP contribution in [0.5, 0.6) is 0 Å². The fourth-order valence-corrected chi connectivity index (χ4v) is 4.80. The molecule has 3 rings (SSSR count). The zero-order chi connectivity index (χ0) is 14.3. The average Bonchev–Trinajstić information content (AvgIpc) is 2.67. The quantitative estimate of drug-likeness (QED) is 0.887. The summed E-state index contributed by atoms with van der Waals surface area (Å²) in [5.74, 6) is -0.634. The summed E-state index contributed by atoms with van der Waals surface area (Å²) in [6.45, 7) is 0.900. The molecule has 21 heavy (non-hydrogen) atoms. The Balaban J connectivity index is 0.00000161. The Labute approximate surface area is 135 Å². The minimum absolute atomic E-state index is 0. The molecule has 118 valence electrons. The molecule has 0 spiro atoms. The number of fused-ring (bicyclic) bond motifs is 2. The highest BCUT2D eigenvalue weighted by atomic mass is 35.5. The molecule has 2 bridgehead atoms. The first-order valence-electron chi connectivity index (χ1n) is 6.67. The standard InChI is InChI=1S/C13H16ClFN2O2S.ClH/c14-9-5-10(15)7-13(6-9)20(18,19)17-4-3-11-1-2-12(8-17)16-11;/h5-7,11-12,16H,1-4,8H2;1H. The lowest BCUT2D eigenvalue weighted by molar-refractivity contribution is 0.383. The fourth-order valence-electron chi connectivity index (χ4n) is 2.96. The summed E-state index contributed by atoms with van der Waals surface area (Å²) >= 11 is 5.76. The van der Waals surface area contributed by atoms with Crippen molar-refractivity contribution < 1.29 is 12.8 Å². The molecule has 4 nitrogen and oxygen atoms in total. The third kappa shape index (κ3) is 3.51. The monoisotopic (exact) mass is 354 g/mol. The summed E-state index contributed by atoms with van der Waals surface area (Å²) in [6.07, 6.45) is 2.88. The Hall–Kier alpha value is -0.400. The summed E-state index contributed by atoms with van der Waals surface area (Å²) in [5.41, 5.74) is 0. The SMILES string of the molecule is Cl.O=S(=O)(c1cc(F)cc(Cl)c1)N1CCC2CCC(C1)N2. The topological polar surface area (TPSA) is 49.4 Å². The van der Waals surface area contributed by atoms with Crippen molar-refractivity contribution in [2.45, 2.75) is 36.2 Å². The number of hydrogen-bond donors (Lipinski definition) is 1. The second-order valence-corrected chi connectivity index (χ2v) is 7.77. The average molecular weight is 355 g/mol. The molecule has 0 aliphatic carbocycles. The number of halogens is 3. The van der Waals surface area contributed by atoms with E-state index in [2.05, 4.69) is 5.32 Å². The third-order valence-electron chi connectivity index (χ3n) is 3.96. The lowest BCUT2D eigenvalue weighted by atomic mass is 10.1. The number of hydrogen-bond acceptors (Lipinski definition) is 3. The molecule has 2 aliphatic rings. The molecule has 2 atom stereocenters. The maximum Gasteiger partial charge on any atom is 0.243 e. The zero-order valence-corrected chi connectivity index (χ0v) is 13.6. The third-order valence-corrected chi connectivity index (χ3v) is 6.02. The Bertz CT molecular complexity index is 606. The molecule has 0 aromatic heterocycles. The van der Waals surface area contributed by atoms with E-state index in [4.69, 9.17) is 11.6 Å². The molecule has 1 aromatic carbocycles. The van der Waals surface area contributed by atoms with Gasteiger partial charge in [-0.25, -0.2) is 12.8 Å². The maximum atomic E-state index is 13.4. The van der Waals surface area contributed by atoms with Crippen LogP contribution in [-0.4, -0.2) is 37.9 Å². The second kappa shape index (κ2) is 6.38. The van der Waals surface area contributed by atoms with Crippen LogP contribution in [0.25, 0.3) is 0 Å². The highest BCUT2D eigenvalue weighted by Crippen LogP contribution is 2.26. The fraction of sp³-hybridized carbons (Fsp3) is 0.538. The van der Waals surface area contributed by atoms with Crippen molar-refractivity contribution in [2.24, 2.45) is 0 Å². The van der Waals surface area contributed by atoms with Crippen molar-refractivity contribution in [3.8, 4) is 0 Å². The normalized spacial score (nSPS) is 26.2. The largest absolute Gasteiger partial charge is 0.310 e. The molecule has 2 heterocycles. The first-order chi connectivity index (χ1) is 9.45. The van der Waals surface area contributed by atoms with Crippen molar-refractivity contribution in [3.63, 3.8) is 0 Å². The van der Waals surface area contributed by atoms with Crippen LogP contribution in [-0.2, 0) is 10.0 Å². The minimum atomic E-state index is -3.68. The van der Waals surface area contributed by atoms with Gasteiger partial charge in [-0.1, -0.05) is 11.6 Å². The molecular weight excluding hydrogens is 338 g/mol. The van der Waals surface area contributed by atoms with Gasteiger partial charge in [-0.3, -0.25) is 0 Å². The van der Waals surface area contributed by atoms with E-state index in [1.807, 2.05) is 0 Å². The molecule has 2 saturated heterocycles. The number of rotatable bonds is 2. The predicted molar refractivity (Wildman–Crippen MR) is 82.0 cm³/mol. The summed E-state index contributed by atoms with van der Waals surface area (Å²) in [7, 11) is -3.68. The van der Waals surface area contributed by atoms with Gasteiger partial charge in [0, 0.05) is 30.2 Å². The van der Waals surface area contributed by atoms with Crippen molar-refractivity contribution in [1.29, 1.82) is 0 Å². The van der Waals surface area contributed by atoms with Crippen molar-refractivity contribution in [3.05, 3.63) is 29.0 Å². The van der Waals surface area contributed by atoms with E-state index < -0.39 is 15.8 Å². The molecule has 1 aromatic rings. The van der Waals surface area contributed by atoms with Gasteiger partial charge < -0.3 is 5.32 Å². The second-order valence-electron chi connectivity index (χ2n) is 5.39. The Kier molecular flexibility index (Phi) is 5.15. The van der Waals surface area contributed by atoms with Gasteiger partial charge in [0.2, 0.25) is 10.0 Å². The molecule has 2 aliphatic heterocycles. The number of benzene rings is 1. The van der Waals surface area contributed by atoms with Crippen LogP contribution in [0.15, 0.2) is 23.1 Å². The van der Waals surface area contributed by atoms with Crippen LogP contribution >= 0.6 is 24.0 Å². The predicted octanol–water partition coefficient (Wildman–Crippen LogP) is 2.42. The van der Waals surface area contributed by atoms with E-state index in [0.717, 1.165) is 31.4 Å². The van der Waals surface area contributed by atoms with Gasteiger partial charge >= 0.3 is 0 Å². The van der Waals surface area contributed by atoms with Crippen molar-refractivity contribution >= 4 is 34.0 Å². The van der Waals surface area contributed by atoms with Gasteiger partial charge in [-0.2, -0.15) is 4.31 Å². The lowest BCUT2D eigenvalue weighted by Crippen LogP contribution is -2.39. The van der Waals surface area contributed by atoms with Gasteiger partial charge in [-0.15, -0.1) is 12.4 Å². The van der Waals surface area contributed by atoms with E-state index in [9.17, 15) is 12.8 Å². The van der Waals surface area contributed by atoms with Crippen molar-refractivity contribution in [2.75, 3.05) is 13.1 Å². The minimum Gasteiger partial charge on any atom is -0.310 e. The van der Waals surface area contributed by atoms with Gasteiger partial charge in [0.1, 0.15) is 5.82 Å². The van der Waals surface area contributed by atoms with Crippen LogP contribution in [0.3, 0.4) is 0 Å². The molecule has 2 fully saturated rings. The summed E-state index contributed by atoms with van der Waals surface area (Å²) in [6, 6.07) is 4.03. The molecule has 1 N–H and O–H groups in total. The van der Waals surface area contributed by atoms with E-state index in [0.29, 0.717) is 19.1 Å². The van der Waals surface area contributed by atoms with Gasteiger partial charge in [0.05, 0.1) is 4.90 Å². The van der Waals surface area contributed by atoms with Crippen LogP contribution in [0, 0.1) is 5.82 Å². The Morgan fingerprint density at radius 1 is 1.19 bits per heavy atom. The highest BCUT2D eigenvalue weighted by molar-refractivity contribution is 7.89.